The number of fused-ring (bicyclic) bond motifs is 4. The molecule has 9 aromatic rings. The average Bonchev–Trinajstić information content (AvgIpc) is 3.85. The number of rotatable bonds is 10. The van der Waals surface area contributed by atoms with Crippen LogP contribution < -0.4 is 20.4 Å². The standard InChI is InChI=1S/C60H46F2N4/c1-42-54-17-8-10-19-58(54)65(49-13-4-2-5-14-49)57(42)21-12-40-63(48-34-26-45(61)27-35-48)47-30-22-43(23-31-47)44-24-32-51(33-25-44)64(52-36-28-46(62)29-37-52)53-38-39-60-56(41-53)55-18-9-11-20-59(55)66(60)50-15-6-3-7-16-50/h2-24,26-32,34-40,53H,1,25,33,41H2/b40-12+,57-21+. The topological polar surface area (TPSA) is 16.3 Å². The fourth-order valence-corrected chi connectivity index (χ4v) is 9.80. The van der Waals surface area contributed by atoms with E-state index in [1.54, 1.807) is 24.3 Å². The minimum atomic E-state index is -0.284. The van der Waals surface area contributed by atoms with E-state index in [1.807, 2.05) is 48.7 Å². The fraction of sp³-hybridized carbons (Fsp3) is 0.0667. The lowest BCUT2D eigenvalue weighted by Gasteiger charge is -2.37. The molecule has 11 rings (SSSR count). The van der Waals surface area contributed by atoms with Crippen molar-refractivity contribution >= 4 is 63.2 Å². The van der Waals surface area contributed by atoms with Crippen molar-refractivity contribution in [2.45, 2.75) is 25.3 Å². The van der Waals surface area contributed by atoms with Crippen molar-refractivity contribution in [2.24, 2.45) is 0 Å². The molecule has 0 saturated carbocycles. The summed E-state index contributed by atoms with van der Waals surface area (Å²) in [6.45, 7) is 4.49. The van der Waals surface area contributed by atoms with Crippen molar-refractivity contribution in [2.75, 3.05) is 9.80 Å². The Morgan fingerprint density at radius 2 is 1.12 bits per heavy atom. The third-order valence-electron chi connectivity index (χ3n) is 12.9. The van der Waals surface area contributed by atoms with E-state index in [9.17, 15) is 8.78 Å². The molecule has 2 aromatic heterocycles. The van der Waals surface area contributed by atoms with Crippen molar-refractivity contribution < 1.29 is 8.78 Å². The first-order valence-corrected chi connectivity index (χ1v) is 22.5. The molecule has 0 N–H and O–H groups in total. The Labute approximate surface area is 383 Å². The van der Waals surface area contributed by atoms with E-state index in [0.717, 1.165) is 74.7 Å². The molecular weight excluding hydrogens is 815 g/mol. The molecule has 66 heavy (non-hydrogen) atoms. The van der Waals surface area contributed by atoms with Crippen molar-refractivity contribution in [3.8, 4) is 11.4 Å². The van der Waals surface area contributed by atoms with Gasteiger partial charge in [-0.05, 0) is 157 Å². The van der Waals surface area contributed by atoms with Gasteiger partial charge in [-0.1, -0.05) is 104 Å². The number of anilines is 3. The number of halogens is 2. The highest BCUT2D eigenvalue weighted by molar-refractivity contribution is 5.91. The van der Waals surface area contributed by atoms with Crippen LogP contribution in [0, 0.1) is 11.6 Å². The minimum Gasteiger partial charge on any atom is -0.338 e. The van der Waals surface area contributed by atoms with Crippen molar-refractivity contribution in [3.63, 3.8) is 0 Å². The van der Waals surface area contributed by atoms with Gasteiger partial charge in [-0.3, -0.25) is 0 Å². The zero-order valence-corrected chi connectivity index (χ0v) is 36.3. The van der Waals surface area contributed by atoms with Crippen LogP contribution in [0.4, 0.5) is 25.8 Å². The first-order valence-electron chi connectivity index (χ1n) is 22.5. The molecule has 320 valence electrons. The van der Waals surface area contributed by atoms with Crippen molar-refractivity contribution in [1.82, 2.24) is 9.13 Å². The van der Waals surface area contributed by atoms with Crippen molar-refractivity contribution in [3.05, 3.63) is 257 Å². The largest absolute Gasteiger partial charge is 0.338 e. The van der Waals surface area contributed by atoms with Gasteiger partial charge in [-0.2, -0.15) is 0 Å². The molecule has 0 saturated heterocycles. The summed E-state index contributed by atoms with van der Waals surface area (Å²) in [5.41, 5.74) is 13.3. The summed E-state index contributed by atoms with van der Waals surface area (Å²) < 4.78 is 33.2. The second-order valence-electron chi connectivity index (χ2n) is 16.8. The highest BCUT2D eigenvalue weighted by Gasteiger charge is 2.29. The summed E-state index contributed by atoms with van der Waals surface area (Å²) in [5.74, 6) is -0.534. The predicted molar refractivity (Wildman–Crippen MR) is 271 cm³/mol. The summed E-state index contributed by atoms with van der Waals surface area (Å²) >= 11 is 0. The molecule has 0 amide bonds. The smallest absolute Gasteiger partial charge is 0.123 e. The highest BCUT2D eigenvalue weighted by Crippen LogP contribution is 2.39. The Bertz CT molecular complexity index is 3470. The van der Waals surface area contributed by atoms with E-state index in [-0.39, 0.29) is 17.7 Å². The molecular formula is C60H46F2N4. The molecule has 2 heterocycles. The van der Waals surface area contributed by atoms with Crippen LogP contribution in [0.1, 0.15) is 29.7 Å². The Kier molecular flexibility index (Phi) is 10.7. The van der Waals surface area contributed by atoms with E-state index in [4.69, 9.17) is 0 Å². The fourth-order valence-electron chi connectivity index (χ4n) is 9.80. The second kappa shape index (κ2) is 17.4. The van der Waals surface area contributed by atoms with Crippen LogP contribution in [-0.4, -0.2) is 15.2 Å². The molecule has 6 heteroatoms. The van der Waals surface area contributed by atoms with E-state index in [1.165, 1.54) is 45.6 Å². The van der Waals surface area contributed by atoms with Gasteiger partial charge in [0.25, 0.3) is 0 Å². The van der Waals surface area contributed by atoms with E-state index in [0.29, 0.717) is 0 Å². The second-order valence-corrected chi connectivity index (χ2v) is 16.8. The molecule has 1 atom stereocenters. The molecule has 0 fully saturated rings. The van der Waals surface area contributed by atoms with Crippen LogP contribution in [0.15, 0.2) is 218 Å². The Morgan fingerprint density at radius 1 is 0.561 bits per heavy atom. The molecule has 2 aliphatic carbocycles. The molecule has 0 aliphatic heterocycles. The Hall–Kier alpha value is -8.22. The normalized spacial score (nSPS) is 15.0. The summed E-state index contributed by atoms with van der Waals surface area (Å²) in [4.78, 5) is 4.47. The van der Waals surface area contributed by atoms with Crippen LogP contribution in [0.3, 0.4) is 0 Å². The summed E-state index contributed by atoms with van der Waals surface area (Å²) in [5, 5.41) is 4.29. The first-order chi connectivity index (χ1) is 32.5. The first kappa shape index (κ1) is 40.5. The predicted octanol–water partition coefficient (Wildman–Crippen LogP) is 13.6. The average molecular weight is 861 g/mol. The molecule has 0 radical (unpaired) electrons. The van der Waals surface area contributed by atoms with Gasteiger partial charge >= 0.3 is 0 Å². The van der Waals surface area contributed by atoms with E-state index >= 15 is 0 Å². The quantitative estimate of drug-likeness (QED) is 0.136. The third-order valence-corrected chi connectivity index (χ3v) is 12.9. The molecule has 4 nitrogen and oxygen atoms in total. The van der Waals surface area contributed by atoms with Gasteiger partial charge < -0.3 is 18.9 Å². The van der Waals surface area contributed by atoms with Gasteiger partial charge in [0, 0.05) is 62.0 Å². The molecule has 7 aromatic carbocycles. The maximum atomic E-state index is 14.4. The molecule has 0 spiro atoms. The number of allylic oxidation sites excluding steroid dienone is 5. The van der Waals surface area contributed by atoms with Crippen molar-refractivity contribution in [1.29, 1.82) is 0 Å². The lowest BCUT2D eigenvalue weighted by molar-refractivity contribution is 0.626. The van der Waals surface area contributed by atoms with E-state index < -0.39 is 0 Å². The summed E-state index contributed by atoms with van der Waals surface area (Å²) in [6.07, 6.45) is 17.7. The molecule has 0 bridgehead atoms. The zero-order valence-electron chi connectivity index (χ0n) is 36.3. The minimum absolute atomic E-state index is 0.0306. The maximum Gasteiger partial charge on any atom is 0.123 e. The number of aromatic nitrogens is 2. The molecule has 2 aliphatic rings. The molecule has 1 unspecified atom stereocenters. The van der Waals surface area contributed by atoms with Gasteiger partial charge in [0.15, 0.2) is 0 Å². The number of para-hydroxylation sites is 4. The SMILES string of the molecule is C=c1/c(=C\C=C\N(c2ccc(F)cc2)c2ccc(C3=CC=C(N(c4ccc(F)cc4)C4C=Cc5c(c6ccccc6n5-c5ccccc5)C4)CC3)cc2)n(-c2ccccc2)c2ccccc12. The van der Waals surface area contributed by atoms with Crippen LogP contribution in [-0.2, 0) is 6.42 Å². The van der Waals surface area contributed by atoms with Gasteiger partial charge in [-0.15, -0.1) is 0 Å². The van der Waals surface area contributed by atoms with Gasteiger partial charge in [0.2, 0.25) is 0 Å². The number of benzene rings is 7. The Balaban J connectivity index is 0.906. The van der Waals surface area contributed by atoms with Crippen LogP contribution in [0.25, 0.3) is 57.5 Å². The van der Waals surface area contributed by atoms with E-state index in [2.05, 4.69) is 165 Å². The van der Waals surface area contributed by atoms with Gasteiger partial charge in [-0.25, -0.2) is 8.78 Å². The highest BCUT2D eigenvalue weighted by atomic mass is 19.1. The number of nitrogens with zero attached hydrogens (tertiary/aromatic N) is 4. The van der Waals surface area contributed by atoms with Gasteiger partial charge in [0.1, 0.15) is 11.6 Å². The monoisotopic (exact) mass is 860 g/mol. The summed E-state index contributed by atoms with van der Waals surface area (Å²) in [7, 11) is 0. The summed E-state index contributed by atoms with van der Waals surface area (Å²) in [6, 6.07) is 59.9. The number of hydrogen-bond acceptors (Lipinski definition) is 2. The third kappa shape index (κ3) is 7.56. The zero-order chi connectivity index (χ0) is 44.6. The lowest BCUT2D eigenvalue weighted by Crippen LogP contribution is -2.36. The number of hydrogen-bond donors (Lipinski definition) is 0. The maximum absolute atomic E-state index is 14.4. The van der Waals surface area contributed by atoms with Crippen LogP contribution >= 0.6 is 0 Å². The Morgan fingerprint density at radius 3 is 1.76 bits per heavy atom. The lowest BCUT2D eigenvalue weighted by atomic mass is 9.91. The van der Waals surface area contributed by atoms with Gasteiger partial charge in [0.05, 0.1) is 22.4 Å². The van der Waals surface area contributed by atoms with Crippen LogP contribution in [0.5, 0.6) is 0 Å². The van der Waals surface area contributed by atoms with Crippen LogP contribution in [0.2, 0.25) is 0 Å².